The molecule has 0 aliphatic carbocycles. The van der Waals surface area contributed by atoms with Crippen LogP contribution in [-0.2, 0) is 22.6 Å². The fraction of sp³-hybridized carbons (Fsp3) is 0.440. The molecule has 0 radical (unpaired) electrons. The number of piperazine rings is 1. The van der Waals surface area contributed by atoms with Crippen LogP contribution in [0.4, 0.5) is 5.69 Å². The normalized spacial score (nSPS) is 16.9. The van der Waals surface area contributed by atoms with Gasteiger partial charge in [-0.1, -0.05) is 31.2 Å². The molecule has 33 heavy (non-hydrogen) atoms. The lowest BCUT2D eigenvalue weighted by molar-refractivity contribution is -0.127. The van der Waals surface area contributed by atoms with E-state index in [-0.39, 0.29) is 24.6 Å². The Morgan fingerprint density at radius 3 is 2.58 bits per heavy atom. The summed E-state index contributed by atoms with van der Waals surface area (Å²) in [6, 6.07) is 13.4. The van der Waals surface area contributed by atoms with E-state index in [1.807, 2.05) is 49.4 Å². The van der Waals surface area contributed by atoms with Crippen molar-refractivity contribution in [2.24, 2.45) is 0 Å². The lowest BCUT2D eigenvalue weighted by atomic mass is 10.1. The van der Waals surface area contributed by atoms with Crippen molar-refractivity contribution in [3.05, 3.63) is 53.6 Å². The van der Waals surface area contributed by atoms with Gasteiger partial charge in [0.25, 0.3) is 0 Å². The maximum atomic E-state index is 12.7. The third-order valence-corrected chi connectivity index (χ3v) is 6.28. The summed E-state index contributed by atoms with van der Waals surface area (Å²) in [5.74, 6) is 1.45. The molecular weight excluding hydrogens is 420 g/mol. The number of rotatable bonds is 8. The Labute approximate surface area is 194 Å². The van der Waals surface area contributed by atoms with Crippen LogP contribution < -0.4 is 20.1 Å². The van der Waals surface area contributed by atoms with E-state index >= 15 is 0 Å². The van der Waals surface area contributed by atoms with Crippen molar-refractivity contribution in [2.75, 3.05) is 44.8 Å². The number of nitrogens with zero attached hydrogens (tertiary/aromatic N) is 2. The van der Waals surface area contributed by atoms with Crippen LogP contribution in [0, 0.1) is 0 Å². The molecule has 2 N–H and O–H groups in total. The van der Waals surface area contributed by atoms with Gasteiger partial charge in [0.2, 0.25) is 18.6 Å². The van der Waals surface area contributed by atoms with E-state index in [4.69, 9.17) is 9.47 Å². The van der Waals surface area contributed by atoms with Gasteiger partial charge in [-0.3, -0.25) is 19.4 Å². The molecule has 176 valence electrons. The van der Waals surface area contributed by atoms with Crippen molar-refractivity contribution in [2.45, 2.75) is 32.9 Å². The van der Waals surface area contributed by atoms with Crippen LogP contribution in [0.3, 0.4) is 0 Å². The molecule has 0 spiro atoms. The number of fused-ring (bicyclic) bond motifs is 1. The molecule has 1 fully saturated rings. The fourth-order valence-corrected chi connectivity index (χ4v) is 4.21. The number of aryl methyl sites for hydroxylation is 1. The van der Waals surface area contributed by atoms with E-state index in [9.17, 15) is 9.59 Å². The highest BCUT2D eigenvalue weighted by atomic mass is 16.7. The van der Waals surface area contributed by atoms with Crippen LogP contribution in [-0.4, -0.2) is 67.2 Å². The summed E-state index contributed by atoms with van der Waals surface area (Å²) in [4.78, 5) is 29.5. The van der Waals surface area contributed by atoms with E-state index in [1.54, 1.807) is 0 Å². The molecule has 1 atom stereocenters. The quantitative estimate of drug-likeness (QED) is 0.639. The summed E-state index contributed by atoms with van der Waals surface area (Å²) in [5.41, 5.74) is 2.99. The Balaban J connectivity index is 1.20. The zero-order chi connectivity index (χ0) is 23.2. The summed E-state index contributed by atoms with van der Waals surface area (Å²) in [7, 11) is 0. The van der Waals surface area contributed by atoms with Crippen LogP contribution in [0.15, 0.2) is 42.5 Å². The first-order valence-electron chi connectivity index (χ1n) is 11.5. The standard InChI is InChI=1S/C25H32N4O4/c1-3-20-6-4-5-7-21(20)27-24(30)16-28-10-12-29(13-11-28)18(2)25(31)26-15-19-8-9-22-23(14-19)33-17-32-22/h4-9,14,18H,3,10-13,15-17H2,1-2H3,(H,26,31)(H,27,30)/t18-/m1/s1. The second-order valence-electron chi connectivity index (χ2n) is 8.45. The van der Waals surface area contributed by atoms with Gasteiger partial charge in [-0.25, -0.2) is 0 Å². The van der Waals surface area contributed by atoms with Crippen molar-refractivity contribution in [3.63, 3.8) is 0 Å². The molecule has 1 saturated heterocycles. The second-order valence-corrected chi connectivity index (χ2v) is 8.45. The van der Waals surface area contributed by atoms with Gasteiger partial charge in [0.15, 0.2) is 11.5 Å². The lowest BCUT2D eigenvalue weighted by Crippen LogP contribution is -2.54. The van der Waals surface area contributed by atoms with Gasteiger partial charge in [0, 0.05) is 38.4 Å². The van der Waals surface area contributed by atoms with Gasteiger partial charge < -0.3 is 20.1 Å². The molecule has 4 rings (SSSR count). The number of ether oxygens (including phenoxy) is 2. The number of nitrogens with one attached hydrogen (secondary N) is 2. The summed E-state index contributed by atoms with van der Waals surface area (Å²) >= 11 is 0. The van der Waals surface area contributed by atoms with E-state index < -0.39 is 0 Å². The molecule has 2 aromatic carbocycles. The third kappa shape index (κ3) is 5.83. The fourth-order valence-electron chi connectivity index (χ4n) is 4.21. The average Bonchev–Trinajstić information content (AvgIpc) is 3.31. The number of hydrogen-bond donors (Lipinski definition) is 2. The van der Waals surface area contributed by atoms with Crippen LogP contribution >= 0.6 is 0 Å². The van der Waals surface area contributed by atoms with Crippen molar-refractivity contribution in [1.82, 2.24) is 15.1 Å². The summed E-state index contributed by atoms with van der Waals surface area (Å²) in [5, 5.41) is 6.05. The Bertz CT molecular complexity index is 988. The van der Waals surface area contributed by atoms with Gasteiger partial charge in [0.1, 0.15) is 0 Å². The van der Waals surface area contributed by atoms with Crippen molar-refractivity contribution in [1.29, 1.82) is 0 Å². The predicted molar refractivity (Wildman–Crippen MR) is 126 cm³/mol. The lowest BCUT2D eigenvalue weighted by Gasteiger charge is -2.37. The highest BCUT2D eigenvalue weighted by Crippen LogP contribution is 2.32. The molecule has 2 aliphatic heterocycles. The Kier molecular flexibility index (Phi) is 7.47. The van der Waals surface area contributed by atoms with Gasteiger partial charge in [0.05, 0.1) is 12.6 Å². The number of amides is 2. The van der Waals surface area contributed by atoms with Crippen LogP contribution in [0.5, 0.6) is 11.5 Å². The molecule has 0 bridgehead atoms. The summed E-state index contributed by atoms with van der Waals surface area (Å²) in [6.07, 6.45) is 0.879. The van der Waals surface area contributed by atoms with Crippen LogP contribution in [0.2, 0.25) is 0 Å². The predicted octanol–water partition coefficient (Wildman–Crippen LogP) is 2.24. The number of hydrogen-bond acceptors (Lipinski definition) is 6. The SMILES string of the molecule is CCc1ccccc1NC(=O)CN1CCN([C@H](C)C(=O)NCc2ccc3c(c2)OCO3)CC1. The number of carbonyl (C=O) groups is 2. The first kappa shape index (κ1) is 23.1. The summed E-state index contributed by atoms with van der Waals surface area (Å²) in [6.45, 7) is 8.05. The molecule has 0 aromatic heterocycles. The monoisotopic (exact) mass is 452 g/mol. The topological polar surface area (TPSA) is 83.1 Å². The molecule has 8 nitrogen and oxygen atoms in total. The van der Waals surface area contributed by atoms with Gasteiger partial charge in [-0.2, -0.15) is 0 Å². The first-order chi connectivity index (χ1) is 16.0. The van der Waals surface area contributed by atoms with E-state index in [2.05, 4.69) is 27.4 Å². The second kappa shape index (κ2) is 10.7. The third-order valence-electron chi connectivity index (χ3n) is 6.28. The van der Waals surface area contributed by atoms with Gasteiger partial charge >= 0.3 is 0 Å². The Morgan fingerprint density at radius 1 is 1.03 bits per heavy atom. The zero-order valence-corrected chi connectivity index (χ0v) is 19.3. The van der Waals surface area contributed by atoms with Crippen molar-refractivity contribution >= 4 is 17.5 Å². The molecule has 8 heteroatoms. The van der Waals surface area contributed by atoms with Gasteiger partial charge in [-0.05, 0) is 42.7 Å². The summed E-state index contributed by atoms with van der Waals surface area (Å²) < 4.78 is 10.7. The minimum absolute atomic E-state index is 0.00105. The minimum atomic E-state index is -0.230. The van der Waals surface area contributed by atoms with Crippen molar-refractivity contribution < 1.29 is 19.1 Å². The highest BCUT2D eigenvalue weighted by molar-refractivity contribution is 5.93. The molecule has 2 aliphatic rings. The molecule has 0 unspecified atom stereocenters. The molecule has 2 amide bonds. The van der Waals surface area contributed by atoms with Crippen LogP contribution in [0.1, 0.15) is 25.0 Å². The number of benzene rings is 2. The van der Waals surface area contributed by atoms with Gasteiger partial charge in [-0.15, -0.1) is 0 Å². The zero-order valence-electron chi connectivity index (χ0n) is 19.3. The maximum absolute atomic E-state index is 12.7. The van der Waals surface area contributed by atoms with Crippen molar-refractivity contribution in [3.8, 4) is 11.5 Å². The Hall–Kier alpha value is -3.10. The smallest absolute Gasteiger partial charge is 0.238 e. The van der Waals surface area contributed by atoms with E-state index in [1.165, 1.54) is 0 Å². The molecule has 0 saturated carbocycles. The molecule has 2 heterocycles. The minimum Gasteiger partial charge on any atom is -0.454 e. The Morgan fingerprint density at radius 2 is 1.79 bits per heavy atom. The van der Waals surface area contributed by atoms with E-state index in [0.29, 0.717) is 18.8 Å². The molecular formula is C25H32N4O4. The highest BCUT2D eigenvalue weighted by Gasteiger charge is 2.26. The maximum Gasteiger partial charge on any atom is 0.238 e. The van der Waals surface area contributed by atoms with Crippen LogP contribution in [0.25, 0.3) is 0 Å². The average molecular weight is 453 g/mol. The first-order valence-corrected chi connectivity index (χ1v) is 11.5. The number of para-hydroxylation sites is 1. The molecule has 2 aromatic rings. The number of anilines is 1. The van der Waals surface area contributed by atoms with E-state index in [0.717, 1.165) is 55.2 Å². The largest absolute Gasteiger partial charge is 0.454 e. The number of carbonyl (C=O) groups excluding carboxylic acids is 2.